The summed E-state index contributed by atoms with van der Waals surface area (Å²) in [6.45, 7) is 2.53. The van der Waals surface area contributed by atoms with Gasteiger partial charge in [0, 0.05) is 5.92 Å². The van der Waals surface area contributed by atoms with Gasteiger partial charge in [-0.1, -0.05) is 30.7 Å². The van der Waals surface area contributed by atoms with Crippen molar-refractivity contribution in [3.63, 3.8) is 0 Å². The Hall–Kier alpha value is -0.640. The number of hydrogen-bond donors (Lipinski definition) is 3. The molecule has 0 aromatic rings. The third-order valence-electron chi connectivity index (χ3n) is 2.84. The second-order valence-corrected chi connectivity index (χ2v) is 4.31. The fraction of sp³-hybridized carbons (Fsp3) is 0.667. The molecule has 0 radical (unpaired) electrons. The summed E-state index contributed by atoms with van der Waals surface area (Å²) < 4.78 is 0. The minimum Gasteiger partial charge on any atom is -0.368 e. The Balaban J connectivity index is 2.47. The van der Waals surface area contributed by atoms with Gasteiger partial charge >= 0.3 is 0 Å². The maximum atomic E-state index is 9.02. The molecule has 0 heterocycles. The lowest BCUT2D eigenvalue weighted by Gasteiger charge is -2.21. The van der Waals surface area contributed by atoms with Crippen LogP contribution in [0.5, 0.6) is 0 Å². The molecule has 0 spiro atoms. The van der Waals surface area contributed by atoms with E-state index in [2.05, 4.69) is 18.2 Å². The first-order valence-corrected chi connectivity index (χ1v) is 5.57. The fourth-order valence-electron chi connectivity index (χ4n) is 1.92. The summed E-state index contributed by atoms with van der Waals surface area (Å²) in [6, 6.07) is 0. The largest absolute Gasteiger partial charge is 0.368 e. The summed E-state index contributed by atoms with van der Waals surface area (Å²) in [4.78, 5) is 0. The Morgan fingerprint density at radius 1 is 1.53 bits per heavy atom. The van der Waals surface area contributed by atoms with E-state index in [0.29, 0.717) is 12.5 Å². The molecule has 0 amide bonds. The number of allylic oxidation sites excluding steroid dienone is 3. The normalized spacial score (nSPS) is 23.0. The summed E-state index contributed by atoms with van der Waals surface area (Å²) in [5, 5.41) is 18.0. The average Bonchev–Trinajstić information content (AvgIpc) is 2.18. The molecule has 0 aliphatic heterocycles. The van der Waals surface area contributed by atoms with E-state index in [1.54, 1.807) is 0 Å². The third-order valence-corrected chi connectivity index (χ3v) is 2.84. The molecule has 0 bridgehead atoms. The smallest absolute Gasteiger partial charge is 0.154 e. The zero-order valence-corrected chi connectivity index (χ0v) is 9.26. The first kappa shape index (κ1) is 12.4. The van der Waals surface area contributed by atoms with E-state index in [-0.39, 0.29) is 5.92 Å². The maximum absolute atomic E-state index is 9.02. The quantitative estimate of drug-likeness (QED) is 0.598. The minimum absolute atomic E-state index is 0.0723. The van der Waals surface area contributed by atoms with E-state index in [1.807, 2.05) is 6.92 Å². The first-order valence-electron chi connectivity index (χ1n) is 5.57. The zero-order chi connectivity index (χ0) is 11.3. The molecule has 0 fully saturated rings. The van der Waals surface area contributed by atoms with Crippen LogP contribution < -0.4 is 5.73 Å². The predicted molar refractivity (Wildman–Crippen MR) is 61.0 cm³/mol. The average molecular weight is 211 g/mol. The molecule has 0 saturated heterocycles. The Morgan fingerprint density at radius 3 is 2.87 bits per heavy atom. The Bertz CT molecular complexity index is 246. The lowest BCUT2D eigenvalue weighted by atomic mass is 9.87. The van der Waals surface area contributed by atoms with Gasteiger partial charge in [-0.3, -0.25) is 0 Å². The van der Waals surface area contributed by atoms with Crippen molar-refractivity contribution < 1.29 is 10.2 Å². The third kappa shape index (κ3) is 4.16. The Morgan fingerprint density at radius 2 is 2.27 bits per heavy atom. The molecule has 0 saturated carbocycles. The number of aliphatic hydroxyl groups is 2. The molecule has 2 atom stereocenters. The molecule has 3 heteroatoms. The molecule has 0 aromatic heterocycles. The van der Waals surface area contributed by atoms with Crippen LogP contribution in [-0.4, -0.2) is 23.0 Å². The Labute approximate surface area is 91.3 Å². The van der Waals surface area contributed by atoms with Crippen LogP contribution in [0.4, 0.5) is 0 Å². The number of nitrogens with two attached hydrogens (primary N) is 1. The van der Waals surface area contributed by atoms with Gasteiger partial charge in [-0.15, -0.1) is 0 Å². The van der Waals surface area contributed by atoms with Crippen LogP contribution in [0.25, 0.3) is 0 Å². The summed E-state index contributed by atoms with van der Waals surface area (Å²) in [7, 11) is 0. The van der Waals surface area contributed by atoms with Crippen molar-refractivity contribution in [3.05, 3.63) is 23.8 Å². The minimum atomic E-state index is -1.21. The van der Waals surface area contributed by atoms with Crippen LogP contribution in [-0.2, 0) is 0 Å². The van der Waals surface area contributed by atoms with E-state index in [4.69, 9.17) is 15.9 Å². The maximum Gasteiger partial charge on any atom is 0.154 e. The monoisotopic (exact) mass is 211 g/mol. The van der Waals surface area contributed by atoms with Gasteiger partial charge in [0.2, 0.25) is 0 Å². The van der Waals surface area contributed by atoms with Gasteiger partial charge in [0.05, 0.1) is 0 Å². The lowest BCUT2D eigenvalue weighted by Crippen LogP contribution is -2.19. The molecular weight excluding hydrogens is 190 g/mol. The molecule has 3 nitrogen and oxygen atoms in total. The van der Waals surface area contributed by atoms with Crippen LogP contribution in [0.3, 0.4) is 0 Å². The van der Waals surface area contributed by atoms with Crippen LogP contribution in [0, 0.1) is 11.8 Å². The van der Waals surface area contributed by atoms with Crippen LogP contribution in [0.1, 0.15) is 26.2 Å². The van der Waals surface area contributed by atoms with Gasteiger partial charge < -0.3 is 15.9 Å². The molecule has 15 heavy (non-hydrogen) atoms. The highest BCUT2D eigenvalue weighted by molar-refractivity contribution is 5.24. The van der Waals surface area contributed by atoms with Crippen molar-refractivity contribution in [2.45, 2.75) is 32.5 Å². The second kappa shape index (κ2) is 6.05. The lowest BCUT2D eigenvalue weighted by molar-refractivity contribution is -0.0827. The molecular formula is C12H21NO2. The van der Waals surface area contributed by atoms with Gasteiger partial charge in [0.1, 0.15) is 0 Å². The number of aliphatic hydroxyl groups excluding tert-OH is 1. The van der Waals surface area contributed by atoms with Crippen molar-refractivity contribution in [3.8, 4) is 0 Å². The van der Waals surface area contributed by atoms with E-state index >= 15 is 0 Å². The van der Waals surface area contributed by atoms with E-state index < -0.39 is 6.29 Å². The van der Waals surface area contributed by atoms with Crippen LogP contribution in [0.15, 0.2) is 23.8 Å². The van der Waals surface area contributed by atoms with E-state index in [9.17, 15) is 0 Å². The summed E-state index contributed by atoms with van der Waals surface area (Å²) in [5.41, 5.74) is 6.77. The molecule has 86 valence electrons. The predicted octanol–water partition coefficient (Wildman–Crippen LogP) is 1.17. The molecule has 0 aromatic carbocycles. The molecule has 1 aliphatic rings. The summed E-state index contributed by atoms with van der Waals surface area (Å²) >= 11 is 0. The zero-order valence-electron chi connectivity index (χ0n) is 9.26. The van der Waals surface area contributed by atoms with Crippen molar-refractivity contribution in [1.82, 2.24) is 0 Å². The van der Waals surface area contributed by atoms with Gasteiger partial charge in [-0.25, -0.2) is 0 Å². The first-order chi connectivity index (χ1) is 7.13. The number of hydrogen-bond acceptors (Lipinski definition) is 3. The highest BCUT2D eigenvalue weighted by Gasteiger charge is 2.17. The molecule has 1 aliphatic carbocycles. The van der Waals surface area contributed by atoms with E-state index in [0.717, 1.165) is 19.3 Å². The second-order valence-electron chi connectivity index (χ2n) is 4.31. The topological polar surface area (TPSA) is 66.5 Å². The van der Waals surface area contributed by atoms with Crippen molar-refractivity contribution in [1.29, 1.82) is 0 Å². The molecule has 4 N–H and O–H groups in total. The summed E-state index contributed by atoms with van der Waals surface area (Å²) in [5.74, 6) is 0.352. The van der Waals surface area contributed by atoms with Crippen molar-refractivity contribution >= 4 is 0 Å². The summed E-state index contributed by atoms with van der Waals surface area (Å²) in [6.07, 6.45) is 7.98. The van der Waals surface area contributed by atoms with Gasteiger partial charge in [0.25, 0.3) is 0 Å². The van der Waals surface area contributed by atoms with Gasteiger partial charge in [-0.05, 0) is 31.7 Å². The fourth-order valence-corrected chi connectivity index (χ4v) is 1.92. The van der Waals surface area contributed by atoms with Crippen molar-refractivity contribution in [2.24, 2.45) is 17.6 Å². The number of rotatable bonds is 5. The van der Waals surface area contributed by atoms with Crippen LogP contribution >= 0.6 is 0 Å². The van der Waals surface area contributed by atoms with Gasteiger partial charge in [-0.2, -0.15) is 0 Å². The SMILES string of the molecule is CC(C[C@@H]1C=C(CCN)C=CC1)C(O)O. The highest BCUT2D eigenvalue weighted by Crippen LogP contribution is 2.25. The van der Waals surface area contributed by atoms with Crippen LogP contribution in [0.2, 0.25) is 0 Å². The Kier molecular flexibility index (Phi) is 5.02. The highest BCUT2D eigenvalue weighted by atomic mass is 16.5. The van der Waals surface area contributed by atoms with Gasteiger partial charge in [0.15, 0.2) is 6.29 Å². The standard InChI is InChI=1S/C12H21NO2/c1-9(12(14)15)7-11-4-2-3-10(8-11)5-6-13/h2-3,8-9,11-12,14-15H,4-7,13H2,1H3/t9?,11-/m1/s1. The molecule has 1 rings (SSSR count). The van der Waals surface area contributed by atoms with Crippen molar-refractivity contribution in [2.75, 3.05) is 6.54 Å². The van der Waals surface area contributed by atoms with E-state index in [1.165, 1.54) is 5.57 Å². The molecule has 1 unspecified atom stereocenters.